The van der Waals surface area contributed by atoms with Crippen molar-refractivity contribution in [2.75, 3.05) is 0 Å². The van der Waals surface area contributed by atoms with Crippen LogP contribution < -0.4 is 4.46 Å². The van der Waals surface area contributed by atoms with Crippen LogP contribution in [0.25, 0.3) is 0 Å². The van der Waals surface area contributed by atoms with Crippen LogP contribution in [0.5, 0.6) is 0 Å². The van der Waals surface area contributed by atoms with Crippen molar-refractivity contribution < 1.29 is 29.1 Å². The summed E-state index contributed by atoms with van der Waals surface area (Å²) in [6, 6.07) is 6.93. The molecule has 218 valence electrons. The number of carbonyl (C=O) groups is 2. The van der Waals surface area contributed by atoms with Crippen molar-refractivity contribution in [3.05, 3.63) is 58.2 Å². The number of esters is 2. The molecule has 2 aliphatic carbocycles. The predicted molar refractivity (Wildman–Crippen MR) is 153 cm³/mol. The number of carbonyl (C=O) groups excluding carboxylic acids is 2. The number of fused-ring (bicyclic) bond motifs is 1. The van der Waals surface area contributed by atoms with Gasteiger partial charge in [0.15, 0.2) is 0 Å². The van der Waals surface area contributed by atoms with E-state index in [9.17, 15) is 24.8 Å². The average Bonchev–Trinajstić information content (AvgIpc) is 2.91. The van der Waals surface area contributed by atoms with Gasteiger partial charge in [-0.2, -0.15) is 0 Å². The summed E-state index contributed by atoms with van der Waals surface area (Å²) in [7, 11) is 0. The number of nitrogens with zero attached hydrogens (tertiary/aromatic N) is 1. The van der Waals surface area contributed by atoms with Gasteiger partial charge in [0.1, 0.15) is 0 Å². The molecule has 0 amide bonds. The molecular weight excluding hydrogens is 577 g/mol. The van der Waals surface area contributed by atoms with Gasteiger partial charge in [0.25, 0.3) is 0 Å². The molecule has 4 rings (SSSR count). The third-order valence-corrected chi connectivity index (χ3v) is 11.4. The molecule has 1 saturated heterocycles. The standard InChI is InChI=1S/C31H41NO7Se/c1-5-31(3,4)30(35)39-26-15-20(18-40-27-9-7-6-8-25(27)32(36)37)14-21-11-10-19(2)24(29(21)26)13-12-23-16-22(33)17-28(34)38-23/h6-11,14,19-20,22-24,26,29,33H,5,12-13,15-18H2,1-4H3/t19-,20+,22+,23+,24-,26-,29-/m0/s1. The predicted octanol–water partition coefficient (Wildman–Crippen LogP) is 4.92. The zero-order valence-corrected chi connectivity index (χ0v) is 25.5. The molecule has 1 aliphatic heterocycles. The van der Waals surface area contributed by atoms with E-state index in [4.69, 9.17) is 9.47 Å². The third kappa shape index (κ3) is 7.23. The van der Waals surface area contributed by atoms with Crippen molar-refractivity contribution >= 4 is 37.0 Å². The van der Waals surface area contributed by atoms with E-state index >= 15 is 0 Å². The summed E-state index contributed by atoms with van der Waals surface area (Å²) < 4.78 is 12.6. The third-order valence-electron chi connectivity index (χ3n) is 8.74. The maximum atomic E-state index is 13.3. The number of para-hydroxylation sites is 1. The molecule has 0 saturated carbocycles. The summed E-state index contributed by atoms with van der Waals surface area (Å²) in [6.07, 6.45) is 8.68. The van der Waals surface area contributed by atoms with Gasteiger partial charge < -0.3 is 0 Å². The van der Waals surface area contributed by atoms with Gasteiger partial charge in [-0.05, 0) is 0 Å². The molecule has 8 nitrogen and oxygen atoms in total. The number of rotatable bonds is 10. The number of aliphatic hydroxyl groups excluding tert-OH is 1. The first-order valence-corrected chi connectivity index (χ1v) is 16.4. The topological polar surface area (TPSA) is 116 Å². The van der Waals surface area contributed by atoms with Gasteiger partial charge in [0.05, 0.1) is 0 Å². The summed E-state index contributed by atoms with van der Waals surface area (Å²) in [5.41, 5.74) is 0.727. The van der Waals surface area contributed by atoms with Crippen molar-refractivity contribution in [1.29, 1.82) is 0 Å². The molecule has 1 heterocycles. The molecule has 40 heavy (non-hydrogen) atoms. The molecule has 0 aromatic heterocycles. The number of cyclic esters (lactones) is 1. The fourth-order valence-corrected chi connectivity index (χ4v) is 8.29. The Morgan fingerprint density at radius 3 is 2.70 bits per heavy atom. The van der Waals surface area contributed by atoms with Crippen LogP contribution in [0.4, 0.5) is 5.69 Å². The number of benzene rings is 1. The van der Waals surface area contributed by atoms with Crippen molar-refractivity contribution in [3.8, 4) is 0 Å². The number of ether oxygens (including phenoxy) is 2. The Morgan fingerprint density at radius 1 is 1.25 bits per heavy atom. The van der Waals surface area contributed by atoms with E-state index in [1.807, 2.05) is 32.9 Å². The first-order valence-electron chi connectivity index (χ1n) is 14.3. The van der Waals surface area contributed by atoms with E-state index in [0.717, 1.165) is 21.8 Å². The van der Waals surface area contributed by atoms with Gasteiger partial charge in [-0.15, -0.1) is 0 Å². The van der Waals surface area contributed by atoms with Crippen LogP contribution in [0.3, 0.4) is 0 Å². The quantitative estimate of drug-likeness (QED) is 0.171. The van der Waals surface area contributed by atoms with Crippen LogP contribution >= 0.6 is 0 Å². The Hall–Kier alpha value is -2.48. The molecule has 1 fully saturated rings. The summed E-state index contributed by atoms with van der Waals surface area (Å²) in [4.78, 5) is 36.4. The molecule has 0 unspecified atom stereocenters. The second-order valence-corrected chi connectivity index (χ2v) is 14.3. The van der Waals surface area contributed by atoms with E-state index in [2.05, 4.69) is 25.2 Å². The molecule has 7 atom stereocenters. The molecule has 1 aromatic carbocycles. The van der Waals surface area contributed by atoms with Crippen LogP contribution in [-0.2, 0) is 19.1 Å². The Bertz CT molecular complexity index is 1160. The van der Waals surface area contributed by atoms with E-state index in [-0.39, 0.29) is 79.8 Å². The van der Waals surface area contributed by atoms with E-state index in [1.54, 1.807) is 12.1 Å². The molecule has 1 aromatic rings. The van der Waals surface area contributed by atoms with Crippen LogP contribution in [0, 0.1) is 39.2 Å². The maximum absolute atomic E-state index is 13.3. The van der Waals surface area contributed by atoms with Gasteiger partial charge >= 0.3 is 243 Å². The zero-order chi connectivity index (χ0) is 29.0. The number of hydrogen-bond acceptors (Lipinski definition) is 7. The average molecular weight is 619 g/mol. The van der Waals surface area contributed by atoms with Crippen molar-refractivity contribution in [2.24, 2.45) is 29.1 Å². The minimum atomic E-state index is -0.659. The Morgan fingerprint density at radius 2 is 2.00 bits per heavy atom. The number of allylic oxidation sites excluding steroid dienone is 3. The fraction of sp³-hybridized carbons (Fsp3) is 0.613. The van der Waals surface area contributed by atoms with E-state index in [0.29, 0.717) is 25.7 Å². The van der Waals surface area contributed by atoms with Gasteiger partial charge in [-0.1, -0.05) is 0 Å². The zero-order valence-electron chi connectivity index (χ0n) is 23.8. The molecule has 0 spiro atoms. The van der Waals surface area contributed by atoms with Crippen LogP contribution in [0.2, 0.25) is 5.32 Å². The molecule has 3 aliphatic rings. The number of nitro benzene ring substituents is 1. The number of hydrogen-bond donors (Lipinski definition) is 1. The Labute approximate surface area is 242 Å². The normalized spacial score (nSPS) is 30.2. The molecule has 9 heteroatoms. The van der Waals surface area contributed by atoms with E-state index in [1.165, 1.54) is 0 Å². The van der Waals surface area contributed by atoms with Gasteiger partial charge in [0, 0.05) is 0 Å². The summed E-state index contributed by atoms with van der Waals surface area (Å²) >= 11 is -0.105. The molecule has 0 radical (unpaired) electrons. The number of aliphatic hydroxyl groups is 1. The summed E-state index contributed by atoms with van der Waals surface area (Å²) in [6.45, 7) is 7.99. The van der Waals surface area contributed by atoms with Crippen molar-refractivity contribution in [1.82, 2.24) is 0 Å². The van der Waals surface area contributed by atoms with Crippen molar-refractivity contribution in [2.45, 2.75) is 89.9 Å². The monoisotopic (exact) mass is 619 g/mol. The van der Waals surface area contributed by atoms with Crippen LogP contribution in [0.15, 0.2) is 48.1 Å². The summed E-state index contributed by atoms with van der Waals surface area (Å²) in [5, 5.41) is 22.4. The van der Waals surface area contributed by atoms with Crippen LogP contribution in [-0.4, -0.2) is 55.2 Å². The Kier molecular flexibility index (Phi) is 9.91. The van der Waals surface area contributed by atoms with Gasteiger partial charge in [-0.3, -0.25) is 0 Å². The van der Waals surface area contributed by atoms with Gasteiger partial charge in [0.2, 0.25) is 0 Å². The fourth-order valence-electron chi connectivity index (χ4n) is 6.00. The molecule has 0 bridgehead atoms. The Balaban J connectivity index is 1.56. The van der Waals surface area contributed by atoms with E-state index < -0.39 is 11.5 Å². The van der Waals surface area contributed by atoms with Crippen molar-refractivity contribution in [3.63, 3.8) is 0 Å². The van der Waals surface area contributed by atoms with Crippen LogP contribution in [0.1, 0.15) is 66.2 Å². The first-order chi connectivity index (χ1) is 19.0. The minimum absolute atomic E-state index is 0.0237. The second kappa shape index (κ2) is 13.0. The molecule has 1 N–H and O–H groups in total. The van der Waals surface area contributed by atoms with Gasteiger partial charge in [-0.25, -0.2) is 0 Å². The molecular formula is C31H41NO7Se. The number of nitro groups is 1. The summed E-state index contributed by atoms with van der Waals surface area (Å²) in [5.74, 6) is 0.0557. The SMILES string of the molecule is CCC(C)(C)C(=O)O[C@H]1C[C@H](C[Se]c2ccccc2[N+](=O)[O-])C=C2C=C[C@H](C)[C@H](CC[C@@H]3C[C@@H](O)CC(=O)O3)[C@H]21. The first kappa shape index (κ1) is 30.5. The second-order valence-electron chi connectivity index (χ2n) is 12.1.